The number of carbonyl (C=O) groups excluding carboxylic acids is 3. The number of nitrogens with one attached hydrogen (secondary N) is 1. The summed E-state index contributed by atoms with van der Waals surface area (Å²) >= 11 is 0.907. The molecule has 0 atom stereocenters. The number of halogens is 1. The molecule has 1 N–H and O–H groups in total. The Morgan fingerprint density at radius 3 is 2.38 bits per heavy atom. The lowest BCUT2D eigenvalue weighted by Crippen LogP contribution is -2.33. The van der Waals surface area contributed by atoms with Gasteiger partial charge in [0.1, 0.15) is 16.4 Å². The lowest BCUT2D eigenvalue weighted by atomic mass is 10.2. The summed E-state index contributed by atoms with van der Waals surface area (Å²) in [5, 5.41) is 3.19. The molecule has 0 radical (unpaired) electrons. The van der Waals surface area contributed by atoms with E-state index in [0.717, 1.165) is 16.7 Å². The van der Waals surface area contributed by atoms with Crippen molar-refractivity contribution in [3.63, 3.8) is 0 Å². The number of rotatable bonds is 6. The summed E-state index contributed by atoms with van der Waals surface area (Å²) in [7, 11) is 1.26. The molecule has 0 spiro atoms. The van der Waals surface area contributed by atoms with E-state index in [1.807, 2.05) is 0 Å². The lowest BCUT2D eigenvalue weighted by molar-refractivity contribution is -0.120. The Balaban J connectivity index is 1.78. The van der Waals surface area contributed by atoms with E-state index in [4.69, 9.17) is 4.74 Å². The van der Waals surface area contributed by atoms with E-state index < -0.39 is 23.6 Å². The van der Waals surface area contributed by atoms with E-state index in [9.17, 15) is 18.8 Å². The Morgan fingerprint density at radius 2 is 1.71 bits per heavy atom. The Bertz CT molecular complexity index is 1340. The molecular weight excluding hydrogens is 459 g/mol. The zero-order valence-electron chi connectivity index (χ0n) is 18.5. The van der Waals surface area contributed by atoms with Crippen LogP contribution in [0.3, 0.4) is 0 Å². The topological polar surface area (TPSA) is 101 Å². The average Bonchev–Trinajstić information content (AvgIpc) is 3.02. The second-order valence-corrected chi connectivity index (χ2v) is 8.31. The minimum atomic E-state index is -0.745. The number of amides is 2. The Morgan fingerprint density at radius 1 is 1.00 bits per heavy atom. The number of benzene rings is 2. The van der Waals surface area contributed by atoms with E-state index >= 15 is 0 Å². The van der Waals surface area contributed by atoms with Gasteiger partial charge >= 0.3 is 5.97 Å². The van der Waals surface area contributed by atoms with Gasteiger partial charge in [-0.2, -0.15) is 0 Å². The van der Waals surface area contributed by atoms with Crippen LogP contribution in [0.15, 0.2) is 70.4 Å². The van der Waals surface area contributed by atoms with E-state index in [2.05, 4.69) is 15.3 Å². The largest absolute Gasteiger partial charge is 0.465 e. The molecule has 1 aliphatic rings. The molecule has 0 bridgehead atoms. The molecule has 1 aliphatic heterocycles. The van der Waals surface area contributed by atoms with Crippen molar-refractivity contribution < 1.29 is 23.5 Å². The molecule has 8 nitrogen and oxygen atoms in total. The van der Waals surface area contributed by atoms with Gasteiger partial charge in [-0.1, -0.05) is 18.2 Å². The number of ether oxygens (including phenoxy) is 1. The molecule has 0 saturated heterocycles. The number of imide groups is 1. The summed E-state index contributed by atoms with van der Waals surface area (Å²) in [6, 6.07) is 13.6. The summed E-state index contributed by atoms with van der Waals surface area (Å²) < 4.78 is 19.3. The third-order valence-corrected chi connectivity index (χ3v) is 5.79. The van der Waals surface area contributed by atoms with Gasteiger partial charge in [-0.25, -0.2) is 24.1 Å². The second kappa shape index (κ2) is 9.44. The first-order chi connectivity index (χ1) is 16.3. The maximum atomic E-state index is 14.5. The SMILES string of the molecule is COC(=O)c1cccc(NC2=C(Sc3nc(C)cc(C)n3)C(=O)N(c3ccccc3F)C2=O)c1. The van der Waals surface area contributed by atoms with Crippen LogP contribution >= 0.6 is 11.8 Å². The van der Waals surface area contributed by atoms with Crippen LogP contribution in [0.5, 0.6) is 0 Å². The first-order valence-corrected chi connectivity index (χ1v) is 10.9. The van der Waals surface area contributed by atoms with Crippen molar-refractivity contribution in [1.82, 2.24) is 9.97 Å². The van der Waals surface area contributed by atoms with Crippen molar-refractivity contribution in [2.75, 3.05) is 17.3 Å². The fourth-order valence-corrected chi connectivity index (χ4v) is 4.36. The van der Waals surface area contributed by atoms with Gasteiger partial charge in [0.05, 0.1) is 18.4 Å². The summed E-state index contributed by atoms with van der Waals surface area (Å²) in [4.78, 5) is 48.1. The van der Waals surface area contributed by atoms with Crippen LogP contribution in [0.2, 0.25) is 0 Å². The number of anilines is 2. The number of carbonyl (C=O) groups is 3. The maximum absolute atomic E-state index is 14.5. The van der Waals surface area contributed by atoms with Crippen LogP contribution in [-0.2, 0) is 14.3 Å². The number of esters is 1. The first-order valence-electron chi connectivity index (χ1n) is 10.1. The number of methoxy groups -OCH3 is 1. The van der Waals surface area contributed by atoms with Gasteiger partial charge in [-0.15, -0.1) is 0 Å². The molecule has 2 heterocycles. The highest BCUT2D eigenvalue weighted by molar-refractivity contribution is 8.04. The van der Waals surface area contributed by atoms with Crippen molar-refractivity contribution in [2.24, 2.45) is 0 Å². The minimum absolute atomic E-state index is 0.00160. The Kier molecular flexibility index (Phi) is 6.42. The van der Waals surface area contributed by atoms with Crippen LogP contribution in [-0.4, -0.2) is 34.9 Å². The highest BCUT2D eigenvalue weighted by Gasteiger charge is 2.41. The molecule has 172 valence electrons. The van der Waals surface area contributed by atoms with Crippen molar-refractivity contribution in [3.8, 4) is 0 Å². The summed E-state index contributed by atoms with van der Waals surface area (Å²) in [6.07, 6.45) is 0. The van der Waals surface area contributed by atoms with Gasteiger partial charge in [0.15, 0.2) is 5.16 Å². The van der Waals surface area contributed by atoms with Crippen molar-refractivity contribution in [2.45, 2.75) is 19.0 Å². The molecule has 1 aromatic heterocycles. The molecule has 10 heteroatoms. The molecule has 2 aromatic carbocycles. The number of hydrogen-bond acceptors (Lipinski definition) is 8. The van der Waals surface area contributed by atoms with Gasteiger partial charge in [-0.05, 0) is 62.0 Å². The number of thioether (sulfide) groups is 1. The predicted molar refractivity (Wildman–Crippen MR) is 125 cm³/mol. The van der Waals surface area contributed by atoms with Gasteiger partial charge in [0, 0.05) is 17.1 Å². The zero-order chi connectivity index (χ0) is 24.4. The van der Waals surface area contributed by atoms with Gasteiger partial charge in [0.25, 0.3) is 11.8 Å². The first kappa shape index (κ1) is 23.1. The maximum Gasteiger partial charge on any atom is 0.337 e. The summed E-state index contributed by atoms with van der Waals surface area (Å²) in [5.74, 6) is -2.73. The standard InChI is InChI=1S/C24H19FN4O4S/c1-13-11-14(2)27-24(26-13)34-20-19(28-16-8-6-7-15(12-16)23(32)33-3)21(30)29(22(20)31)18-10-5-4-9-17(18)25/h4-12,28H,1-3H3. The number of aryl methyl sites for hydroxylation is 2. The van der Waals surface area contributed by atoms with Crippen molar-refractivity contribution >= 4 is 40.9 Å². The van der Waals surface area contributed by atoms with Gasteiger partial charge in [-0.3, -0.25) is 9.59 Å². The molecule has 3 aromatic rings. The van der Waals surface area contributed by atoms with Gasteiger partial charge in [0.2, 0.25) is 0 Å². The molecule has 2 amide bonds. The van der Waals surface area contributed by atoms with Crippen LogP contribution in [0.4, 0.5) is 15.8 Å². The fourth-order valence-electron chi connectivity index (χ4n) is 3.38. The quantitative estimate of drug-likeness (QED) is 0.322. The Hall–Kier alpha value is -4.05. The lowest BCUT2D eigenvalue weighted by Gasteiger charge is -2.16. The molecule has 0 unspecified atom stereocenters. The highest BCUT2D eigenvalue weighted by atomic mass is 32.2. The summed E-state index contributed by atoms with van der Waals surface area (Å²) in [6.45, 7) is 3.58. The summed E-state index contributed by atoms with van der Waals surface area (Å²) in [5.41, 5.74) is 1.76. The number of para-hydroxylation sites is 1. The van der Waals surface area contributed by atoms with E-state index in [-0.39, 0.29) is 27.0 Å². The molecule has 4 rings (SSSR count). The smallest absolute Gasteiger partial charge is 0.337 e. The predicted octanol–water partition coefficient (Wildman–Crippen LogP) is 4.01. The number of hydrogen-bond donors (Lipinski definition) is 1. The van der Waals surface area contributed by atoms with Gasteiger partial charge < -0.3 is 10.1 Å². The molecule has 0 fully saturated rings. The average molecular weight is 479 g/mol. The molecule has 34 heavy (non-hydrogen) atoms. The molecular formula is C24H19FN4O4S. The number of nitrogens with zero attached hydrogens (tertiary/aromatic N) is 3. The normalized spacial score (nSPS) is 13.5. The van der Waals surface area contributed by atoms with E-state index in [0.29, 0.717) is 17.1 Å². The number of aromatic nitrogens is 2. The van der Waals surface area contributed by atoms with Crippen LogP contribution in [0, 0.1) is 19.7 Å². The zero-order valence-corrected chi connectivity index (χ0v) is 19.3. The minimum Gasteiger partial charge on any atom is -0.465 e. The van der Waals surface area contributed by atoms with Crippen LogP contribution < -0.4 is 10.2 Å². The van der Waals surface area contributed by atoms with E-state index in [1.165, 1.54) is 37.4 Å². The third-order valence-electron chi connectivity index (χ3n) is 4.84. The second-order valence-electron chi connectivity index (χ2n) is 7.33. The van der Waals surface area contributed by atoms with E-state index in [1.54, 1.807) is 38.1 Å². The molecule has 0 aliphatic carbocycles. The highest BCUT2D eigenvalue weighted by Crippen LogP contribution is 2.37. The van der Waals surface area contributed by atoms with Crippen LogP contribution in [0.25, 0.3) is 0 Å². The Labute approximate surface area is 198 Å². The van der Waals surface area contributed by atoms with Crippen LogP contribution in [0.1, 0.15) is 21.7 Å². The van der Waals surface area contributed by atoms with Crippen molar-refractivity contribution in [1.29, 1.82) is 0 Å². The fraction of sp³-hybridized carbons (Fsp3) is 0.125. The monoisotopic (exact) mass is 478 g/mol. The molecule has 0 saturated carbocycles. The third kappa shape index (κ3) is 4.53. The van der Waals surface area contributed by atoms with Crippen molar-refractivity contribution in [3.05, 3.63) is 88.0 Å².